The van der Waals surface area contributed by atoms with Crippen LogP contribution in [0.4, 0.5) is 5.69 Å². The van der Waals surface area contributed by atoms with E-state index in [0.29, 0.717) is 43.6 Å². The minimum atomic E-state index is -0.746. The number of nitrogens with one attached hydrogen (secondary N) is 1. The number of anilines is 1. The Morgan fingerprint density at radius 1 is 0.892 bits per heavy atom. The van der Waals surface area contributed by atoms with Gasteiger partial charge in [0.1, 0.15) is 17.6 Å². The highest BCUT2D eigenvalue weighted by Gasteiger charge is 2.56. The third-order valence-corrected chi connectivity index (χ3v) is 9.34. The fourth-order valence-corrected chi connectivity index (χ4v) is 7.64. The lowest BCUT2D eigenvalue weighted by Crippen LogP contribution is -2.32. The first-order chi connectivity index (χ1) is 17.9. The smallest absolute Gasteiger partial charge is 0.305 e. The number of hydrogen-bond donors (Lipinski definition) is 1. The van der Waals surface area contributed by atoms with Gasteiger partial charge in [0.25, 0.3) is 0 Å². The van der Waals surface area contributed by atoms with Crippen molar-refractivity contribution in [3.05, 3.63) is 109 Å². The zero-order valence-electron chi connectivity index (χ0n) is 19.0. The third kappa shape index (κ3) is 4.38. The molecule has 6 rings (SSSR count). The lowest BCUT2D eigenvalue weighted by atomic mass is 9.82. The summed E-state index contributed by atoms with van der Waals surface area (Å²) in [5.74, 6) is -1.47. The normalized spacial score (nSPS) is 20.6. The van der Waals surface area contributed by atoms with E-state index in [1.165, 1.54) is 16.7 Å². The van der Waals surface area contributed by atoms with E-state index in [1.54, 1.807) is 42.5 Å². The number of thioether (sulfide) groups is 1. The van der Waals surface area contributed by atoms with Crippen LogP contribution in [0.5, 0.6) is 5.75 Å². The summed E-state index contributed by atoms with van der Waals surface area (Å²) in [5.41, 5.74) is 2.10. The van der Waals surface area contributed by atoms with Gasteiger partial charge >= 0.3 is 4.87 Å². The van der Waals surface area contributed by atoms with E-state index in [9.17, 15) is 14.4 Å². The van der Waals surface area contributed by atoms with Crippen LogP contribution in [0.3, 0.4) is 0 Å². The molecule has 1 fully saturated rings. The molecule has 2 aliphatic heterocycles. The predicted molar refractivity (Wildman–Crippen MR) is 146 cm³/mol. The fraction of sp³-hybridized carbons (Fsp3) is 0.148. The summed E-state index contributed by atoms with van der Waals surface area (Å²) in [6.07, 6.45) is 0. The van der Waals surface area contributed by atoms with Gasteiger partial charge in [-0.1, -0.05) is 76.6 Å². The summed E-state index contributed by atoms with van der Waals surface area (Å²) >= 11 is 14.7. The van der Waals surface area contributed by atoms with Crippen molar-refractivity contribution in [3.63, 3.8) is 0 Å². The molecule has 1 N–H and O–H groups in total. The number of carbonyl (C=O) groups excluding carboxylic acids is 2. The van der Waals surface area contributed by atoms with Gasteiger partial charge in [-0.15, -0.1) is 0 Å². The molecule has 0 spiro atoms. The largest absolute Gasteiger partial charge is 0.489 e. The molecule has 2 amide bonds. The van der Waals surface area contributed by atoms with E-state index in [4.69, 9.17) is 27.9 Å². The van der Waals surface area contributed by atoms with Gasteiger partial charge in [0, 0.05) is 26.4 Å². The minimum Gasteiger partial charge on any atom is -0.489 e. The highest BCUT2D eigenvalue weighted by molar-refractivity contribution is 8.00. The van der Waals surface area contributed by atoms with E-state index >= 15 is 0 Å². The highest BCUT2D eigenvalue weighted by atomic mass is 35.5. The molecule has 0 radical (unpaired) electrons. The standard InChI is InChI=1S/C27H18Cl2N2O4S2/c28-15-6-9-17(10-7-15)31-25(32)21-20(22-24(30-27(34)37-22)36-23(21)26(31)33)18-12-16(29)8-11-19(18)35-13-14-4-2-1-3-5-14/h1-12,20-21,23H,13H2,(H,30,34)/t20-,21-,23+/m0/s1. The molecule has 3 atom stereocenters. The Kier molecular flexibility index (Phi) is 6.36. The molecule has 0 bridgehead atoms. The van der Waals surface area contributed by atoms with Gasteiger partial charge in [-0.05, 0) is 48.0 Å². The molecule has 10 heteroatoms. The molecule has 186 valence electrons. The number of imide groups is 1. The molecule has 4 aromatic rings. The molecule has 1 aromatic heterocycles. The van der Waals surface area contributed by atoms with Crippen LogP contribution in [0.2, 0.25) is 10.0 Å². The zero-order chi connectivity index (χ0) is 25.7. The summed E-state index contributed by atoms with van der Waals surface area (Å²) in [4.78, 5) is 44.4. The molecule has 0 saturated carbocycles. The van der Waals surface area contributed by atoms with E-state index in [1.807, 2.05) is 30.3 Å². The van der Waals surface area contributed by atoms with Crippen LogP contribution in [-0.4, -0.2) is 22.0 Å². The second-order valence-electron chi connectivity index (χ2n) is 8.69. The van der Waals surface area contributed by atoms with Crippen LogP contribution < -0.4 is 14.5 Å². The number of H-pyrrole nitrogens is 1. The minimum absolute atomic E-state index is 0.245. The molecular weight excluding hydrogens is 551 g/mol. The van der Waals surface area contributed by atoms with Gasteiger partial charge in [0.05, 0.1) is 16.6 Å². The number of nitrogens with zero attached hydrogens (tertiary/aromatic N) is 1. The topological polar surface area (TPSA) is 79.5 Å². The van der Waals surface area contributed by atoms with E-state index in [2.05, 4.69) is 4.98 Å². The summed E-state index contributed by atoms with van der Waals surface area (Å²) in [5, 5.41) is 0.847. The zero-order valence-corrected chi connectivity index (χ0v) is 22.2. The van der Waals surface area contributed by atoms with Crippen molar-refractivity contribution in [2.45, 2.75) is 22.8 Å². The average Bonchev–Trinajstić information content (AvgIpc) is 3.39. The summed E-state index contributed by atoms with van der Waals surface area (Å²) < 4.78 is 6.21. The first-order valence-corrected chi connectivity index (χ1v) is 13.8. The van der Waals surface area contributed by atoms with Crippen LogP contribution in [0.15, 0.2) is 82.6 Å². The maximum atomic E-state index is 13.9. The Labute approximate surface area is 230 Å². The molecule has 37 heavy (non-hydrogen) atoms. The fourth-order valence-electron chi connectivity index (χ4n) is 4.83. The van der Waals surface area contributed by atoms with Gasteiger partial charge in [-0.25, -0.2) is 4.90 Å². The molecule has 1 saturated heterocycles. The third-order valence-electron chi connectivity index (χ3n) is 6.45. The van der Waals surface area contributed by atoms with Crippen molar-refractivity contribution < 1.29 is 14.3 Å². The van der Waals surface area contributed by atoms with Gasteiger partial charge in [0.15, 0.2) is 0 Å². The molecular formula is C27H18Cl2N2O4S2. The number of fused-ring (bicyclic) bond motifs is 2. The summed E-state index contributed by atoms with van der Waals surface area (Å²) in [7, 11) is 0. The van der Waals surface area contributed by atoms with E-state index in [0.717, 1.165) is 16.9 Å². The van der Waals surface area contributed by atoms with Crippen LogP contribution in [0.25, 0.3) is 0 Å². The monoisotopic (exact) mass is 568 g/mol. The maximum Gasteiger partial charge on any atom is 0.305 e. The van der Waals surface area contributed by atoms with Crippen molar-refractivity contribution in [3.8, 4) is 5.75 Å². The number of aromatic nitrogens is 1. The Morgan fingerprint density at radius 3 is 2.38 bits per heavy atom. The van der Waals surface area contributed by atoms with Gasteiger partial charge in [0.2, 0.25) is 11.8 Å². The maximum absolute atomic E-state index is 13.9. The first kappa shape index (κ1) is 24.3. The van der Waals surface area contributed by atoms with Crippen molar-refractivity contribution in [1.82, 2.24) is 4.98 Å². The molecule has 2 aliphatic rings. The number of halogens is 2. The SMILES string of the molecule is O=C1[C@H]2[C@H](c3cc(Cl)ccc3OCc3ccccc3)c3sc(=O)[nH]c3S[C@H]2C(=O)N1c1ccc(Cl)cc1. The number of aromatic amines is 1. The highest BCUT2D eigenvalue weighted by Crippen LogP contribution is 2.54. The number of thiazole rings is 1. The number of rotatable bonds is 5. The van der Waals surface area contributed by atoms with Gasteiger partial charge in [-0.2, -0.15) is 0 Å². The number of amides is 2. The van der Waals surface area contributed by atoms with Crippen molar-refractivity contribution in [2.24, 2.45) is 5.92 Å². The molecule has 3 aromatic carbocycles. The quantitative estimate of drug-likeness (QED) is 0.293. The van der Waals surface area contributed by atoms with Gasteiger partial charge in [-0.3, -0.25) is 14.4 Å². The van der Waals surface area contributed by atoms with Gasteiger partial charge < -0.3 is 9.72 Å². The number of carbonyl (C=O) groups is 2. The van der Waals surface area contributed by atoms with Crippen molar-refractivity contribution in [1.29, 1.82) is 0 Å². The molecule has 3 heterocycles. The van der Waals surface area contributed by atoms with Crippen LogP contribution in [0, 0.1) is 5.92 Å². The van der Waals surface area contributed by atoms with Crippen LogP contribution in [0.1, 0.15) is 21.9 Å². The Hall–Kier alpha value is -3.04. The lowest BCUT2D eigenvalue weighted by Gasteiger charge is -2.31. The lowest BCUT2D eigenvalue weighted by molar-refractivity contribution is -0.122. The van der Waals surface area contributed by atoms with E-state index < -0.39 is 17.1 Å². The summed E-state index contributed by atoms with van der Waals surface area (Å²) in [6, 6.07) is 21.6. The Morgan fingerprint density at radius 2 is 1.62 bits per heavy atom. The number of benzene rings is 3. The molecule has 6 nitrogen and oxygen atoms in total. The Bertz CT molecular complexity index is 1570. The first-order valence-electron chi connectivity index (χ1n) is 11.4. The molecule has 0 aliphatic carbocycles. The number of ether oxygens (including phenoxy) is 1. The van der Waals surface area contributed by atoms with Crippen molar-refractivity contribution >= 4 is 63.8 Å². The second-order valence-corrected chi connectivity index (χ2v) is 11.7. The predicted octanol–water partition coefficient (Wildman–Crippen LogP) is 6.12. The number of hydrogen-bond acceptors (Lipinski definition) is 6. The molecule has 0 unspecified atom stereocenters. The van der Waals surface area contributed by atoms with Crippen LogP contribution in [-0.2, 0) is 16.2 Å². The van der Waals surface area contributed by atoms with Crippen LogP contribution >= 0.6 is 46.3 Å². The van der Waals surface area contributed by atoms with Crippen molar-refractivity contribution in [2.75, 3.05) is 4.90 Å². The second kappa shape index (κ2) is 9.68. The van der Waals surface area contributed by atoms with E-state index in [-0.39, 0.29) is 16.7 Å². The Balaban J connectivity index is 1.45. The summed E-state index contributed by atoms with van der Waals surface area (Å²) in [6.45, 7) is 0.311. The average molecular weight is 569 g/mol.